The number of fused-ring (bicyclic) bond motifs is 1. The fourth-order valence-corrected chi connectivity index (χ4v) is 3.34. The molecule has 130 valence electrons. The zero-order valence-corrected chi connectivity index (χ0v) is 15.6. The first kappa shape index (κ1) is 17.7. The highest BCUT2D eigenvalue weighted by Crippen LogP contribution is 2.32. The van der Waals surface area contributed by atoms with Crippen LogP contribution in [0.15, 0.2) is 48.8 Å². The van der Waals surface area contributed by atoms with E-state index in [0.29, 0.717) is 29.3 Å². The van der Waals surface area contributed by atoms with Crippen LogP contribution in [0.4, 0.5) is 0 Å². The molecule has 0 saturated carbocycles. The van der Waals surface area contributed by atoms with Crippen LogP contribution in [0.1, 0.15) is 27.2 Å². The molecule has 0 bridgehead atoms. The lowest BCUT2D eigenvalue weighted by atomic mass is 10.00. The number of ether oxygens (including phenoxy) is 1. The molecule has 0 aliphatic rings. The predicted octanol–water partition coefficient (Wildman–Crippen LogP) is 6.01. The van der Waals surface area contributed by atoms with E-state index in [1.807, 2.05) is 42.7 Å². The zero-order valence-electron chi connectivity index (χ0n) is 14.9. The lowest BCUT2D eigenvalue weighted by Gasteiger charge is -2.15. The zero-order chi connectivity index (χ0) is 17.8. The molecule has 3 aromatic rings. The van der Waals surface area contributed by atoms with Crippen molar-refractivity contribution in [3.05, 3.63) is 53.8 Å². The van der Waals surface area contributed by atoms with Crippen LogP contribution in [0.25, 0.3) is 22.0 Å². The number of pyridine rings is 2. The molecule has 0 N–H and O–H groups in total. The van der Waals surface area contributed by atoms with Gasteiger partial charge in [-0.15, -0.1) is 0 Å². The Bertz CT molecular complexity index is 858. The van der Waals surface area contributed by atoms with Crippen LogP contribution < -0.4 is 4.74 Å². The van der Waals surface area contributed by atoms with E-state index in [0.717, 1.165) is 28.5 Å². The molecule has 0 fully saturated rings. The molecular weight excluding hydrogens is 332 g/mol. The van der Waals surface area contributed by atoms with Gasteiger partial charge in [0.15, 0.2) is 0 Å². The fraction of sp³-hybridized carbons (Fsp3) is 0.333. The van der Waals surface area contributed by atoms with Gasteiger partial charge < -0.3 is 4.74 Å². The van der Waals surface area contributed by atoms with Crippen LogP contribution in [-0.2, 0) is 0 Å². The number of halogens is 1. The highest BCUT2D eigenvalue weighted by Gasteiger charge is 2.11. The van der Waals surface area contributed by atoms with Crippen molar-refractivity contribution < 1.29 is 4.74 Å². The van der Waals surface area contributed by atoms with Crippen LogP contribution >= 0.6 is 11.6 Å². The van der Waals surface area contributed by atoms with Crippen molar-refractivity contribution in [2.75, 3.05) is 6.61 Å². The van der Waals surface area contributed by atoms with Crippen molar-refractivity contribution in [2.24, 2.45) is 11.8 Å². The summed E-state index contributed by atoms with van der Waals surface area (Å²) in [5.74, 6) is 1.63. The van der Waals surface area contributed by atoms with E-state index in [1.165, 1.54) is 0 Å². The van der Waals surface area contributed by atoms with Gasteiger partial charge in [0.05, 0.1) is 12.1 Å². The highest BCUT2D eigenvalue weighted by molar-refractivity contribution is 6.32. The third kappa shape index (κ3) is 4.29. The van der Waals surface area contributed by atoms with Crippen molar-refractivity contribution >= 4 is 22.5 Å². The molecule has 4 heteroatoms. The first-order valence-electron chi connectivity index (χ1n) is 8.67. The molecular formula is C21H23ClN2O. The molecule has 3 nitrogen and oxygen atoms in total. The first-order chi connectivity index (χ1) is 12.0. The summed E-state index contributed by atoms with van der Waals surface area (Å²) in [7, 11) is 0. The molecule has 2 aromatic heterocycles. The Hall–Kier alpha value is -2.13. The third-order valence-electron chi connectivity index (χ3n) is 4.15. The minimum Gasteiger partial charge on any atom is -0.476 e. The van der Waals surface area contributed by atoms with Gasteiger partial charge >= 0.3 is 0 Å². The van der Waals surface area contributed by atoms with E-state index in [2.05, 4.69) is 36.8 Å². The number of para-hydroxylation sites is 1. The molecule has 0 aliphatic carbocycles. The van der Waals surface area contributed by atoms with Crippen molar-refractivity contribution in [3.63, 3.8) is 0 Å². The number of aromatic nitrogens is 2. The van der Waals surface area contributed by atoms with E-state index >= 15 is 0 Å². The van der Waals surface area contributed by atoms with Gasteiger partial charge in [-0.05, 0) is 42.0 Å². The fourth-order valence-electron chi connectivity index (χ4n) is 3.12. The number of hydrogen-bond acceptors (Lipinski definition) is 3. The summed E-state index contributed by atoms with van der Waals surface area (Å²) >= 11 is 6.42. The van der Waals surface area contributed by atoms with Crippen LogP contribution in [-0.4, -0.2) is 16.6 Å². The second-order valence-corrected chi connectivity index (χ2v) is 7.34. The molecule has 0 spiro atoms. The minimum atomic E-state index is 0.474. The largest absolute Gasteiger partial charge is 0.476 e. The number of nitrogens with zero attached hydrogens (tertiary/aromatic N) is 2. The summed E-state index contributed by atoms with van der Waals surface area (Å²) in [6.07, 6.45) is 4.75. The SMILES string of the molecule is CC(C)C[C@H](C)COc1ncc(-c2ccnc3ccccc23)cc1Cl. The van der Waals surface area contributed by atoms with Crippen LogP contribution in [0.5, 0.6) is 5.88 Å². The van der Waals surface area contributed by atoms with Crippen molar-refractivity contribution in [1.82, 2.24) is 9.97 Å². The second-order valence-electron chi connectivity index (χ2n) is 6.93. The standard InChI is InChI=1S/C21H23ClN2O/c1-14(2)10-15(3)13-25-21-19(22)11-16(12-24-21)17-8-9-23-20-7-5-4-6-18(17)20/h4-9,11-12,14-15H,10,13H2,1-3H3/t15-/m0/s1. The molecule has 0 unspecified atom stereocenters. The normalized spacial score (nSPS) is 12.5. The Morgan fingerprint density at radius 3 is 2.64 bits per heavy atom. The maximum absolute atomic E-state index is 6.42. The summed E-state index contributed by atoms with van der Waals surface area (Å²) < 4.78 is 5.82. The lowest BCUT2D eigenvalue weighted by Crippen LogP contribution is -2.11. The van der Waals surface area contributed by atoms with E-state index < -0.39 is 0 Å². The van der Waals surface area contributed by atoms with Gasteiger partial charge in [0, 0.05) is 23.3 Å². The predicted molar refractivity (Wildman–Crippen MR) is 104 cm³/mol. The monoisotopic (exact) mass is 354 g/mol. The molecule has 0 aliphatic heterocycles. The Kier molecular flexibility index (Phi) is 5.54. The second kappa shape index (κ2) is 7.83. The van der Waals surface area contributed by atoms with Gasteiger partial charge in [-0.2, -0.15) is 0 Å². The van der Waals surface area contributed by atoms with Gasteiger partial charge in [-0.25, -0.2) is 4.98 Å². The molecule has 0 radical (unpaired) electrons. The minimum absolute atomic E-state index is 0.474. The van der Waals surface area contributed by atoms with Crippen LogP contribution in [0.2, 0.25) is 5.02 Å². The number of rotatable bonds is 6. The van der Waals surface area contributed by atoms with Gasteiger partial charge in [0.25, 0.3) is 0 Å². The highest BCUT2D eigenvalue weighted by atomic mass is 35.5. The maximum Gasteiger partial charge on any atom is 0.232 e. The van der Waals surface area contributed by atoms with E-state index in [-0.39, 0.29) is 0 Å². The van der Waals surface area contributed by atoms with Crippen LogP contribution in [0.3, 0.4) is 0 Å². The topological polar surface area (TPSA) is 35.0 Å². The Morgan fingerprint density at radius 1 is 1.08 bits per heavy atom. The Labute approximate surface area is 154 Å². The molecule has 25 heavy (non-hydrogen) atoms. The average Bonchev–Trinajstić information content (AvgIpc) is 2.59. The van der Waals surface area contributed by atoms with E-state index in [9.17, 15) is 0 Å². The van der Waals surface area contributed by atoms with Crippen molar-refractivity contribution in [1.29, 1.82) is 0 Å². The van der Waals surface area contributed by atoms with E-state index in [1.54, 1.807) is 0 Å². The van der Waals surface area contributed by atoms with Crippen molar-refractivity contribution in [3.8, 4) is 17.0 Å². The maximum atomic E-state index is 6.42. The lowest BCUT2D eigenvalue weighted by molar-refractivity contribution is 0.231. The molecule has 3 rings (SSSR count). The average molecular weight is 355 g/mol. The number of benzene rings is 1. The van der Waals surface area contributed by atoms with Gasteiger partial charge in [0.1, 0.15) is 5.02 Å². The third-order valence-corrected chi connectivity index (χ3v) is 4.42. The summed E-state index contributed by atoms with van der Waals surface area (Å²) in [5.41, 5.74) is 2.99. The quantitative estimate of drug-likeness (QED) is 0.543. The Morgan fingerprint density at radius 2 is 1.88 bits per heavy atom. The molecule has 1 atom stereocenters. The summed E-state index contributed by atoms with van der Waals surface area (Å²) in [5, 5.41) is 1.62. The summed E-state index contributed by atoms with van der Waals surface area (Å²) in [6, 6.07) is 12.0. The van der Waals surface area contributed by atoms with Gasteiger partial charge in [0.2, 0.25) is 5.88 Å². The first-order valence-corrected chi connectivity index (χ1v) is 9.05. The molecule has 0 amide bonds. The molecule has 1 aromatic carbocycles. The van der Waals surface area contributed by atoms with Gasteiger partial charge in [-0.3, -0.25) is 4.98 Å². The summed E-state index contributed by atoms with van der Waals surface area (Å²) in [6.45, 7) is 7.25. The Balaban J connectivity index is 1.82. The number of hydrogen-bond donors (Lipinski definition) is 0. The smallest absolute Gasteiger partial charge is 0.232 e. The van der Waals surface area contributed by atoms with Crippen LogP contribution in [0, 0.1) is 11.8 Å². The van der Waals surface area contributed by atoms with Gasteiger partial charge in [-0.1, -0.05) is 50.6 Å². The molecule has 2 heterocycles. The summed E-state index contributed by atoms with van der Waals surface area (Å²) in [4.78, 5) is 8.84. The van der Waals surface area contributed by atoms with E-state index in [4.69, 9.17) is 16.3 Å². The van der Waals surface area contributed by atoms with Crippen molar-refractivity contribution in [2.45, 2.75) is 27.2 Å². The molecule has 0 saturated heterocycles.